The first-order valence-corrected chi connectivity index (χ1v) is 12.0. The zero-order valence-corrected chi connectivity index (χ0v) is 20.1. The van der Waals surface area contributed by atoms with E-state index in [-0.39, 0.29) is 24.2 Å². The van der Waals surface area contributed by atoms with Crippen LogP contribution in [0.1, 0.15) is 60.9 Å². The smallest absolute Gasteiger partial charge is 0.323 e. The van der Waals surface area contributed by atoms with Crippen LogP contribution in [0.4, 0.5) is 4.39 Å². The van der Waals surface area contributed by atoms with Crippen LogP contribution in [0.15, 0.2) is 47.6 Å². The van der Waals surface area contributed by atoms with Crippen LogP contribution in [0.5, 0.6) is 0 Å². The van der Waals surface area contributed by atoms with Crippen molar-refractivity contribution in [3.05, 3.63) is 70.5 Å². The first-order valence-electron chi connectivity index (χ1n) is 12.0. The molecule has 1 amide bonds. The number of carbonyl (C=O) groups excluding carboxylic acids is 2. The maximum atomic E-state index is 14.1. The summed E-state index contributed by atoms with van der Waals surface area (Å²) in [4.78, 5) is 27.9. The Morgan fingerprint density at radius 1 is 1.15 bits per heavy atom. The molecule has 2 atom stereocenters. The molecule has 0 saturated carbocycles. The highest BCUT2D eigenvalue weighted by molar-refractivity contribution is 6.04. The summed E-state index contributed by atoms with van der Waals surface area (Å²) in [5.74, 6) is -0.828. The molecule has 0 aliphatic carbocycles. The number of halogens is 1. The second-order valence-electron chi connectivity index (χ2n) is 9.11. The molecule has 2 aromatic carbocycles. The van der Waals surface area contributed by atoms with Gasteiger partial charge in [0.2, 0.25) is 0 Å². The molecule has 2 aliphatic heterocycles. The second-order valence-corrected chi connectivity index (χ2v) is 9.11. The number of piperidine rings is 1. The topological polar surface area (TPSA) is 62.2 Å². The number of hydrazone groups is 1. The Hall–Kier alpha value is -3.06. The van der Waals surface area contributed by atoms with Crippen LogP contribution in [0.25, 0.3) is 0 Å². The van der Waals surface area contributed by atoms with E-state index in [4.69, 9.17) is 9.84 Å². The lowest BCUT2D eigenvalue weighted by molar-refractivity contribution is -0.152. The molecule has 7 heteroatoms. The summed E-state index contributed by atoms with van der Waals surface area (Å²) in [7, 11) is 0. The number of aryl methyl sites for hydroxylation is 2. The number of benzene rings is 2. The van der Waals surface area contributed by atoms with E-state index in [0.717, 1.165) is 35.2 Å². The van der Waals surface area contributed by atoms with Crippen LogP contribution in [0.2, 0.25) is 0 Å². The van der Waals surface area contributed by atoms with Gasteiger partial charge in [-0.1, -0.05) is 42.3 Å². The van der Waals surface area contributed by atoms with E-state index in [1.807, 2.05) is 36.9 Å². The van der Waals surface area contributed by atoms with E-state index in [9.17, 15) is 14.0 Å². The minimum absolute atomic E-state index is 0.0684. The zero-order chi connectivity index (χ0) is 24.2. The van der Waals surface area contributed by atoms with Crippen LogP contribution in [0.3, 0.4) is 0 Å². The van der Waals surface area contributed by atoms with E-state index in [0.29, 0.717) is 31.6 Å². The molecule has 6 nitrogen and oxygen atoms in total. The molecular formula is C27H32FN3O3. The average Bonchev–Trinajstić information content (AvgIpc) is 3.25. The minimum atomic E-state index is -0.421. The number of ether oxygens (including phenoxy) is 1. The summed E-state index contributed by atoms with van der Waals surface area (Å²) in [6, 6.07) is 11.7. The molecule has 0 unspecified atom stereocenters. The van der Waals surface area contributed by atoms with Crippen molar-refractivity contribution in [2.24, 2.45) is 5.10 Å². The van der Waals surface area contributed by atoms with Crippen LogP contribution in [-0.4, -0.2) is 53.2 Å². The Kier molecular flexibility index (Phi) is 7.41. The molecule has 2 heterocycles. The summed E-state index contributed by atoms with van der Waals surface area (Å²) in [6.07, 6.45) is 3.03. The summed E-state index contributed by atoms with van der Waals surface area (Å²) >= 11 is 0. The van der Waals surface area contributed by atoms with E-state index < -0.39 is 12.1 Å². The molecule has 2 aromatic rings. The minimum Gasteiger partial charge on any atom is -0.465 e. The number of likely N-dealkylation sites (tertiary alicyclic amines) is 1. The molecule has 2 aliphatic rings. The molecule has 34 heavy (non-hydrogen) atoms. The molecule has 0 aromatic heterocycles. The van der Waals surface area contributed by atoms with Gasteiger partial charge < -0.3 is 4.74 Å². The highest BCUT2D eigenvalue weighted by Crippen LogP contribution is 2.34. The quantitative estimate of drug-likeness (QED) is 0.588. The predicted octanol–water partition coefficient (Wildman–Crippen LogP) is 4.54. The van der Waals surface area contributed by atoms with Crippen LogP contribution in [0, 0.1) is 19.7 Å². The number of carbonyl (C=O) groups is 2. The Balaban J connectivity index is 1.62. The fraction of sp³-hybridized carbons (Fsp3) is 0.444. The average molecular weight is 466 g/mol. The number of rotatable bonds is 6. The van der Waals surface area contributed by atoms with Crippen molar-refractivity contribution in [3.63, 3.8) is 0 Å². The van der Waals surface area contributed by atoms with Gasteiger partial charge in [-0.15, -0.1) is 0 Å². The van der Waals surface area contributed by atoms with Gasteiger partial charge in [-0.2, -0.15) is 5.10 Å². The summed E-state index contributed by atoms with van der Waals surface area (Å²) in [6.45, 7) is 6.89. The first-order chi connectivity index (χ1) is 16.4. The van der Waals surface area contributed by atoms with Gasteiger partial charge in [-0.25, -0.2) is 9.40 Å². The van der Waals surface area contributed by atoms with Crippen molar-refractivity contribution < 1.29 is 18.7 Å². The van der Waals surface area contributed by atoms with Crippen molar-refractivity contribution in [2.75, 3.05) is 19.7 Å². The van der Waals surface area contributed by atoms with Gasteiger partial charge >= 0.3 is 5.97 Å². The second kappa shape index (κ2) is 10.5. The normalized spacial score (nSPS) is 20.8. The van der Waals surface area contributed by atoms with Crippen molar-refractivity contribution in [3.8, 4) is 0 Å². The Bertz CT molecular complexity index is 1100. The molecule has 0 bridgehead atoms. The lowest BCUT2D eigenvalue weighted by Gasteiger charge is -2.34. The monoisotopic (exact) mass is 465 g/mol. The van der Waals surface area contributed by atoms with Gasteiger partial charge in [0, 0.05) is 12.0 Å². The molecule has 0 radical (unpaired) electrons. The van der Waals surface area contributed by atoms with E-state index in [1.54, 1.807) is 13.0 Å². The highest BCUT2D eigenvalue weighted by atomic mass is 19.1. The van der Waals surface area contributed by atoms with Crippen molar-refractivity contribution in [1.82, 2.24) is 9.91 Å². The fourth-order valence-corrected chi connectivity index (χ4v) is 4.95. The fourth-order valence-electron chi connectivity index (χ4n) is 4.95. The molecular weight excluding hydrogens is 433 g/mol. The molecule has 1 fully saturated rings. The van der Waals surface area contributed by atoms with Gasteiger partial charge in [-0.05, 0) is 63.4 Å². The summed E-state index contributed by atoms with van der Waals surface area (Å²) in [5.41, 5.74) is 4.75. The largest absolute Gasteiger partial charge is 0.465 e. The molecule has 4 rings (SSSR count). The third-order valence-electron chi connectivity index (χ3n) is 6.60. The van der Waals surface area contributed by atoms with Crippen LogP contribution < -0.4 is 0 Å². The van der Waals surface area contributed by atoms with E-state index in [2.05, 4.69) is 6.07 Å². The number of nitrogens with zero attached hydrogens (tertiary/aromatic N) is 3. The van der Waals surface area contributed by atoms with Crippen molar-refractivity contribution >= 4 is 17.6 Å². The summed E-state index contributed by atoms with van der Waals surface area (Å²) < 4.78 is 19.3. The van der Waals surface area contributed by atoms with Gasteiger partial charge in [0.25, 0.3) is 5.91 Å². The summed E-state index contributed by atoms with van der Waals surface area (Å²) in [5, 5.41) is 6.23. The van der Waals surface area contributed by atoms with Gasteiger partial charge in [0.05, 0.1) is 24.9 Å². The predicted molar refractivity (Wildman–Crippen MR) is 129 cm³/mol. The van der Waals surface area contributed by atoms with Gasteiger partial charge in [0.15, 0.2) is 0 Å². The lowest BCUT2D eigenvalue weighted by Crippen LogP contribution is -2.49. The number of esters is 1. The third-order valence-corrected chi connectivity index (χ3v) is 6.60. The SMILES string of the molecule is CCOC(=O)[C@@H]1CCCCN1CC(=O)N1N=C(c2ccc(C)cc2C)C[C@H]1c1cccc(F)c1. The maximum absolute atomic E-state index is 14.1. The standard InChI is InChI=1S/C27H32FN3O3/c1-4-34-27(33)24-10-5-6-13-30(24)17-26(32)31-25(20-8-7-9-21(28)15-20)16-23(29-31)22-12-11-18(2)14-19(22)3/h7-9,11-12,14-15,24-25H,4-6,10,13,16-17H2,1-3H3/t24-,25-/m0/s1. The zero-order valence-electron chi connectivity index (χ0n) is 20.1. The number of hydrogen-bond donors (Lipinski definition) is 0. The van der Waals surface area contributed by atoms with Crippen molar-refractivity contribution in [1.29, 1.82) is 0 Å². The first kappa shape index (κ1) is 24.1. The van der Waals surface area contributed by atoms with Gasteiger partial charge in [-0.3, -0.25) is 14.5 Å². The molecule has 0 N–H and O–H groups in total. The van der Waals surface area contributed by atoms with Crippen LogP contribution in [-0.2, 0) is 14.3 Å². The highest BCUT2D eigenvalue weighted by Gasteiger charge is 2.37. The molecule has 0 spiro atoms. The number of amides is 1. The van der Waals surface area contributed by atoms with E-state index >= 15 is 0 Å². The van der Waals surface area contributed by atoms with Crippen LogP contribution >= 0.6 is 0 Å². The third kappa shape index (κ3) is 5.20. The Labute approximate surface area is 200 Å². The molecule has 180 valence electrons. The van der Waals surface area contributed by atoms with E-state index in [1.165, 1.54) is 17.1 Å². The Morgan fingerprint density at radius 2 is 1.97 bits per heavy atom. The van der Waals surface area contributed by atoms with Gasteiger partial charge in [0.1, 0.15) is 11.9 Å². The molecule has 1 saturated heterocycles. The lowest BCUT2D eigenvalue weighted by atomic mass is 9.95. The Morgan fingerprint density at radius 3 is 2.71 bits per heavy atom. The number of hydrogen-bond acceptors (Lipinski definition) is 5. The maximum Gasteiger partial charge on any atom is 0.323 e. The van der Waals surface area contributed by atoms with Crippen molar-refractivity contribution in [2.45, 2.75) is 58.5 Å².